The minimum Gasteiger partial charge on any atom is -0.207 e. The Morgan fingerprint density at radius 2 is 1.69 bits per heavy atom. The number of hydrogen-bond donors (Lipinski definition) is 0. The first-order valence-electron chi connectivity index (χ1n) is 7.72. The third-order valence-electron chi connectivity index (χ3n) is 4.04. The van der Waals surface area contributed by atoms with E-state index in [9.17, 15) is 26.0 Å². The van der Waals surface area contributed by atoms with Gasteiger partial charge in [0.05, 0.1) is 10.5 Å². The molecule has 0 aliphatic heterocycles. The van der Waals surface area contributed by atoms with Crippen molar-refractivity contribution in [1.82, 2.24) is 4.31 Å². The second-order valence-corrected chi connectivity index (χ2v) is 8.34. The van der Waals surface area contributed by atoms with E-state index in [1.807, 2.05) is 0 Å². The van der Waals surface area contributed by atoms with Crippen molar-refractivity contribution in [3.63, 3.8) is 0 Å². The number of sulfonamides is 1. The molecule has 0 unspecified atom stereocenters. The minimum atomic E-state index is -4.86. The van der Waals surface area contributed by atoms with Gasteiger partial charge in [-0.25, -0.2) is 12.8 Å². The van der Waals surface area contributed by atoms with Gasteiger partial charge in [0, 0.05) is 17.6 Å². The molecule has 0 amide bonds. The first-order valence-corrected chi connectivity index (χ1v) is 9.54. The summed E-state index contributed by atoms with van der Waals surface area (Å²) in [4.78, 5) is -0.830. The zero-order valence-corrected chi connectivity index (χ0v) is 14.9. The van der Waals surface area contributed by atoms with Gasteiger partial charge in [-0.15, -0.1) is 0 Å². The summed E-state index contributed by atoms with van der Waals surface area (Å²) in [5.41, 5.74) is -0.806. The average Bonchev–Trinajstić information content (AvgIpc) is 3.37. The molecule has 2 aromatic carbocycles. The molecule has 0 aromatic heterocycles. The Kier molecular flexibility index (Phi) is 5.02. The van der Waals surface area contributed by atoms with Crippen molar-refractivity contribution in [2.45, 2.75) is 36.5 Å². The van der Waals surface area contributed by atoms with Crippen molar-refractivity contribution in [3.05, 3.63) is 64.4 Å². The molecule has 0 atom stereocenters. The molecule has 0 N–H and O–H groups in total. The Labute approximate surface area is 153 Å². The summed E-state index contributed by atoms with van der Waals surface area (Å²) in [7, 11) is -4.42. The molecule has 140 valence electrons. The van der Waals surface area contributed by atoms with E-state index in [2.05, 4.69) is 0 Å². The molecule has 0 spiro atoms. The maximum atomic E-state index is 13.3. The Balaban J connectivity index is 2.03. The number of halogens is 5. The van der Waals surface area contributed by atoms with Gasteiger partial charge in [-0.2, -0.15) is 17.5 Å². The van der Waals surface area contributed by atoms with Crippen LogP contribution in [0.4, 0.5) is 17.6 Å². The summed E-state index contributed by atoms with van der Waals surface area (Å²) >= 11 is 5.63. The van der Waals surface area contributed by atoms with E-state index >= 15 is 0 Å². The third kappa shape index (κ3) is 4.02. The molecule has 0 heterocycles. The van der Waals surface area contributed by atoms with Gasteiger partial charge in [0.2, 0.25) is 10.0 Å². The molecule has 1 fully saturated rings. The molecule has 3 rings (SSSR count). The molecule has 2 aromatic rings. The fourth-order valence-corrected chi connectivity index (χ4v) is 4.66. The predicted octanol–water partition coefficient (Wildman–Crippen LogP) is 4.85. The van der Waals surface area contributed by atoms with Crippen LogP contribution in [0, 0.1) is 5.82 Å². The molecule has 9 heteroatoms. The standard InChI is InChI=1S/C17H14ClF4NO2S/c18-12-3-8-16(15(9-12)17(20,21)22)26(24,25)23(14-6-7-14)10-11-1-4-13(19)5-2-11/h1-5,8-9,14H,6-7,10H2. The van der Waals surface area contributed by atoms with Gasteiger partial charge in [-0.3, -0.25) is 0 Å². The molecule has 1 saturated carbocycles. The summed E-state index contributed by atoms with van der Waals surface area (Å²) in [5, 5.41) is -0.201. The molecule has 0 radical (unpaired) electrons. The van der Waals surface area contributed by atoms with Gasteiger partial charge in [-0.05, 0) is 48.7 Å². The van der Waals surface area contributed by atoms with Gasteiger partial charge in [-0.1, -0.05) is 23.7 Å². The minimum absolute atomic E-state index is 0.132. The third-order valence-corrected chi connectivity index (χ3v) is 6.23. The highest BCUT2D eigenvalue weighted by Gasteiger charge is 2.43. The van der Waals surface area contributed by atoms with Crippen molar-refractivity contribution >= 4 is 21.6 Å². The molecular formula is C17H14ClF4NO2S. The van der Waals surface area contributed by atoms with Crippen LogP contribution in [-0.2, 0) is 22.7 Å². The lowest BCUT2D eigenvalue weighted by Gasteiger charge is -2.24. The van der Waals surface area contributed by atoms with Gasteiger partial charge < -0.3 is 0 Å². The number of rotatable bonds is 5. The van der Waals surface area contributed by atoms with Crippen molar-refractivity contribution in [2.24, 2.45) is 0 Å². The van der Waals surface area contributed by atoms with Crippen LogP contribution < -0.4 is 0 Å². The van der Waals surface area contributed by atoms with Crippen LogP contribution in [0.25, 0.3) is 0 Å². The SMILES string of the molecule is O=S(=O)(c1ccc(Cl)cc1C(F)(F)F)N(Cc1ccc(F)cc1)C1CC1. The summed E-state index contributed by atoms with van der Waals surface area (Å²) in [5.74, 6) is -0.480. The van der Waals surface area contributed by atoms with Crippen LogP contribution in [0.2, 0.25) is 5.02 Å². The fraction of sp³-hybridized carbons (Fsp3) is 0.294. The fourth-order valence-electron chi connectivity index (χ4n) is 2.62. The zero-order valence-electron chi connectivity index (χ0n) is 13.3. The smallest absolute Gasteiger partial charge is 0.207 e. The number of nitrogens with zero attached hydrogens (tertiary/aromatic N) is 1. The normalized spacial score (nSPS) is 15.5. The quantitative estimate of drug-likeness (QED) is 0.664. The van der Waals surface area contributed by atoms with Crippen LogP contribution in [0.5, 0.6) is 0 Å². The number of alkyl halides is 3. The highest BCUT2D eigenvalue weighted by Crippen LogP contribution is 2.40. The molecule has 1 aliphatic rings. The largest absolute Gasteiger partial charge is 0.417 e. The summed E-state index contributed by atoms with van der Waals surface area (Å²) < 4.78 is 80.0. The molecule has 0 bridgehead atoms. The lowest BCUT2D eigenvalue weighted by molar-refractivity contribution is -0.139. The van der Waals surface area contributed by atoms with Crippen molar-refractivity contribution in [1.29, 1.82) is 0 Å². The Morgan fingerprint density at radius 1 is 1.08 bits per heavy atom. The highest BCUT2D eigenvalue weighted by atomic mass is 35.5. The van der Waals surface area contributed by atoms with Gasteiger partial charge >= 0.3 is 6.18 Å². The summed E-state index contributed by atoms with van der Waals surface area (Å²) in [6.45, 7) is -0.132. The average molecular weight is 408 g/mol. The van der Waals surface area contributed by atoms with Gasteiger partial charge in [0.15, 0.2) is 0 Å². The van der Waals surface area contributed by atoms with E-state index in [4.69, 9.17) is 11.6 Å². The second-order valence-electron chi connectivity index (χ2n) is 6.05. The topological polar surface area (TPSA) is 37.4 Å². The monoisotopic (exact) mass is 407 g/mol. The number of benzene rings is 2. The molecule has 1 aliphatic carbocycles. The first kappa shape index (κ1) is 19.1. The summed E-state index contributed by atoms with van der Waals surface area (Å²) in [6, 6.07) is 7.40. The van der Waals surface area contributed by atoms with E-state index in [1.54, 1.807) is 0 Å². The van der Waals surface area contributed by atoms with Crippen LogP contribution >= 0.6 is 11.6 Å². The maximum absolute atomic E-state index is 13.3. The predicted molar refractivity (Wildman–Crippen MR) is 88.6 cm³/mol. The first-order chi connectivity index (χ1) is 12.1. The molecule has 3 nitrogen and oxygen atoms in total. The van der Waals surface area contributed by atoms with E-state index in [0.29, 0.717) is 24.5 Å². The van der Waals surface area contributed by atoms with Crippen molar-refractivity contribution in [3.8, 4) is 0 Å². The van der Waals surface area contributed by atoms with Crippen molar-refractivity contribution < 1.29 is 26.0 Å². The van der Waals surface area contributed by atoms with Gasteiger partial charge in [0.25, 0.3) is 0 Å². The lowest BCUT2D eigenvalue weighted by atomic mass is 10.2. The van der Waals surface area contributed by atoms with E-state index < -0.39 is 32.5 Å². The lowest BCUT2D eigenvalue weighted by Crippen LogP contribution is -2.34. The zero-order chi connectivity index (χ0) is 19.1. The van der Waals surface area contributed by atoms with Crippen LogP contribution in [-0.4, -0.2) is 18.8 Å². The Morgan fingerprint density at radius 3 is 2.23 bits per heavy atom. The molecule has 26 heavy (non-hydrogen) atoms. The second kappa shape index (κ2) is 6.83. The van der Waals surface area contributed by atoms with E-state index in [-0.39, 0.29) is 17.6 Å². The van der Waals surface area contributed by atoms with E-state index in [0.717, 1.165) is 16.4 Å². The molecule has 0 saturated heterocycles. The van der Waals surface area contributed by atoms with E-state index in [1.165, 1.54) is 24.3 Å². The highest BCUT2D eigenvalue weighted by molar-refractivity contribution is 7.89. The molecular weight excluding hydrogens is 394 g/mol. The van der Waals surface area contributed by atoms with Crippen LogP contribution in [0.15, 0.2) is 47.4 Å². The Bertz CT molecular complexity index is 909. The number of hydrogen-bond acceptors (Lipinski definition) is 2. The maximum Gasteiger partial charge on any atom is 0.417 e. The summed E-state index contributed by atoms with van der Waals surface area (Å²) in [6.07, 6.45) is -3.73. The van der Waals surface area contributed by atoms with Crippen LogP contribution in [0.3, 0.4) is 0 Å². The Hall–Kier alpha value is -1.64. The van der Waals surface area contributed by atoms with Gasteiger partial charge in [0.1, 0.15) is 5.82 Å². The van der Waals surface area contributed by atoms with Crippen LogP contribution in [0.1, 0.15) is 24.0 Å². The van der Waals surface area contributed by atoms with Crippen molar-refractivity contribution in [2.75, 3.05) is 0 Å².